The second-order valence-corrected chi connectivity index (χ2v) is 4.35. The van der Waals surface area contributed by atoms with Crippen molar-refractivity contribution in [3.05, 3.63) is 53.6 Å². The van der Waals surface area contributed by atoms with E-state index >= 15 is 0 Å². The van der Waals surface area contributed by atoms with Crippen molar-refractivity contribution in [2.45, 2.75) is 6.61 Å². The Morgan fingerprint density at radius 1 is 1.10 bits per heavy atom. The maximum absolute atomic E-state index is 11.7. The fraction of sp³-hybridized carbons (Fsp3) is 0.188. The summed E-state index contributed by atoms with van der Waals surface area (Å²) in [7, 11) is 2.92. The lowest BCUT2D eigenvalue weighted by Gasteiger charge is -2.13. The second kappa shape index (κ2) is 6.65. The Morgan fingerprint density at radius 3 is 2.57 bits per heavy atom. The zero-order chi connectivity index (χ0) is 15.2. The zero-order valence-corrected chi connectivity index (χ0v) is 12.0. The number of benzene rings is 2. The predicted octanol–water partition coefficient (Wildman–Crippen LogP) is 2.64. The van der Waals surface area contributed by atoms with Gasteiger partial charge in [0.2, 0.25) is 0 Å². The van der Waals surface area contributed by atoms with Crippen LogP contribution in [0.2, 0.25) is 0 Å². The fourth-order valence-corrected chi connectivity index (χ4v) is 1.91. The van der Waals surface area contributed by atoms with E-state index in [1.807, 2.05) is 24.3 Å². The quantitative estimate of drug-likeness (QED) is 0.676. The summed E-state index contributed by atoms with van der Waals surface area (Å²) in [6.45, 7) is 0.261. The summed E-state index contributed by atoms with van der Waals surface area (Å²) < 4.78 is 15.7. The first-order chi connectivity index (χ1) is 10.2. The summed E-state index contributed by atoms with van der Waals surface area (Å²) >= 11 is 0. The van der Waals surface area contributed by atoms with E-state index in [9.17, 15) is 4.79 Å². The molecule has 0 radical (unpaired) electrons. The van der Waals surface area contributed by atoms with Crippen LogP contribution in [-0.4, -0.2) is 20.2 Å². The van der Waals surface area contributed by atoms with Gasteiger partial charge < -0.3 is 19.9 Å². The van der Waals surface area contributed by atoms with Crippen molar-refractivity contribution in [2.75, 3.05) is 20.0 Å². The molecule has 2 N–H and O–H groups in total. The van der Waals surface area contributed by atoms with E-state index in [2.05, 4.69) is 0 Å². The minimum atomic E-state index is -0.468. The van der Waals surface area contributed by atoms with E-state index in [-0.39, 0.29) is 6.61 Å². The molecule has 21 heavy (non-hydrogen) atoms. The van der Waals surface area contributed by atoms with Crippen LogP contribution in [0.3, 0.4) is 0 Å². The Labute approximate surface area is 123 Å². The van der Waals surface area contributed by atoms with Crippen LogP contribution in [-0.2, 0) is 11.3 Å². The van der Waals surface area contributed by atoms with E-state index in [0.717, 1.165) is 11.3 Å². The molecule has 0 aromatic heterocycles. The Morgan fingerprint density at radius 2 is 1.86 bits per heavy atom. The van der Waals surface area contributed by atoms with Crippen molar-refractivity contribution in [3.8, 4) is 11.5 Å². The van der Waals surface area contributed by atoms with Gasteiger partial charge in [-0.2, -0.15) is 0 Å². The smallest absolute Gasteiger partial charge is 0.341 e. The van der Waals surface area contributed by atoms with Crippen molar-refractivity contribution in [3.63, 3.8) is 0 Å². The molecule has 0 spiro atoms. The van der Waals surface area contributed by atoms with Crippen molar-refractivity contribution < 1.29 is 19.0 Å². The number of carbonyl (C=O) groups is 1. The average molecular weight is 287 g/mol. The van der Waals surface area contributed by atoms with E-state index in [4.69, 9.17) is 19.9 Å². The van der Waals surface area contributed by atoms with Crippen molar-refractivity contribution in [1.82, 2.24) is 0 Å². The van der Waals surface area contributed by atoms with Gasteiger partial charge in [-0.25, -0.2) is 4.79 Å². The number of carbonyl (C=O) groups excluding carboxylic acids is 1. The number of methoxy groups -OCH3 is 2. The van der Waals surface area contributed by atoms with Crippen LogP contribution < -0.4 is 15.2 Å². The third-order valence-electron chi connectivity index (χ3n) is 2.99. The molecule has 0 saturated heterocycles. The third kappa shape index (κ3) is 3.45. The van der Waals surface area contributed by atoms with Crippen LogP contribution >= 0.6 is 0 Å². The molecule has 0 unspecified atom stereocenters. The van der Waals surface area contributed by atoms with Gasteiger partial charge in [-0.1, -0.05) is 18.2 Å². The Kier molecular flexibility index (Phi) is 4.66. The SMILES string of the molecule is COC(=O)c1ccc(N)cc1OCc1ccccc1OC. The lowest BCUT2D eigenvalue weighted by atomic mass is 10.1. The molecule has 0 bridgehead atoms. The van der Waals surface area contributed by atoms with Crippen LogP contribution in [0.15, 0.2) is 42.5 Å². The number of rotatable bonds is 5. The molecule has 0 aliphatic heterocycles. The van der Waals surface area contributed by atoms with Crippen LogP contribution in [0, 0.1) is 0 Å². The maximum atomic E-state index is 11.7. The largest absolute Gasteiger partial charge is 0.496 e. The monoisotopic (exact) mass is 287 g/mol. The number of esters is 1. The fourth-order valence-electron chi connectivity index (χ4n) is 1.91. The molecule has 110 valence electrons. The lowest BCUT2D eigenvalue weighted by molar-refractivity contribution is 0.0595. The molecule has 5 nitrogen and oxygen atoms in total. The first-order valence-electron chi connectivity index (χ1n) is 6.38. The molecule has 0 fully saturated rings. The standard InChI is InChI=1S/C16H17NO4/c1-19-14-6-4-3-5-11(14)10-21-15-9-12(17)7-8-13(15)16(18)20-2/h3-9H,10,17H2,1-2H3. The van der Waals surface area contributed by atoms with Gasteiger partial charge in [-0.05, 0) is 18.2 Å². The summed E-state index contributed by atoms with van der Waals surface area (Å²) in [5.74, 6) is 0.638. The molecule has 0 heterocycles. The second-order valence-electron chi connectivity index (χ2n) is 4.35. The summed E-state index contributed by atoms with van der Waals surface area (Å²) in [4.78, 5) is 11.7. The topological polar surface area (TPSA) is 70.8 Å². The first kappa shape index (κ1) is 14.7. The van der Waals surface area contributed by atoms with Crippen LogP contribution in [0.1, 0.15) is 15.9 Å². The van der Waals surface area contributed by atoms with Crippen LogP contribution in [0.4, 0.5) is 5.69 Å². The van der Waals surface area contributed by atoms with Gasteiger partial charge >= 0.3 is 5.97 Å². The van der Waals surface area contributed by atoms with E-state index in [1.165, 1.54) is 7.11 Å². The number of hydrogen-bond donors (Lipinski definition) is 1. The molecule has 2 aromatic carbocycles. The zero-order valence-electron chi connectivity index (χ0n) is 12.0. The number of para-hydroxylation sites is 1. The summed E-state index contributed by atoms with van der Waals surface area (Å²) in [5.41, 5.74) is 7.46. The third-order valence-corrected chi connectivity index (χ3v) is 2.99. The van der Waals surface area contributed by atoms with Crippen molar-refractivity contribution in [2.24, 2.45) is 0 Å². The minimum Gasteiger partial charge on any atom is -0.496 e. The number of ether oxygens (including phenoxy) is 3. The van der Waals surface area contributed by atoms with Crippen molar-refractivity contribution in [1.29, 1.82) is 0 Å². The molecule has 5 heteroatoms. The number of anilines is 1. The van der Waals surface area contributed by atoms with Gasteiger partial charge in [-0.15, -0.1) is 0 Å². The molecule has 2 aromatic rings. The Balaban J connectivity index is 2.23. The average Bonchev–Trinajstić information content (AvgIpc) is 2.52. The lowest BCUT2D eigenvalue weighted by Crippen LogP contribution is -2.07. The van der Waals surface area contributed by atoms with Gasteiger partial charge in [0.15, 0.2) is 0 Å². The van der Waals surface area contributed by atoms with Crippen LogP contribution in [0.5, 0.6) is 11.5 Å². The molecule has 0 saturated carbocycles. The predicted molar refractivity (Wildman–Crippen MR) is 79.5 cm³/mol. The molecular weight excluding hydrogens is 270 g/mol. The van der Waals surface area contributed by atoms with Crippen molar-refractivity contribution >= 4 is 11.7 Å². The van der Waals surface area contributed by atoms with Gasteiger partial charge in [0, 0.05) is 17.3 Å². The summed E-state index contributed by atoms with van der Waals surface area (Å²) in [5, 5.41) is 0. The molecule has 2 rings (SSSR count). The normalized spacial score (nSPS) is 10.0. The highest BCUT2D eigenvalue weighted by atomic mass is 16.5. The molecule has 0 atom stereocenters. The van der Waals surface area contributed by atoms with E-state index in [0.29, 0.717) is 17.0 Å². The number of nitrogens with two attached hydrogens (primary N) is 1. The van der Waals surface area contributed by atoms with Gasteiger partial charge in [-0.3, -0.25) is 0 Å². The molecule has 0 aliphatic carbocycles. The van der Waals surface area contributed by atoms with Gasteiger partial charge in [0.25, 0.3) is 0 Å². The Bertz CT molecular complexity index is 640. The number of hydrogen-bond acceptors (Lipinski definition) is 5. The van der Waals surface area contributed by atoms with Gasteiger partial charge in [0.1, 0.15) is 23.7 Å². The molecule has 0 amide bonds. The maximum Gasteiger partial charge on any atom is 0.341 e. The van der Waals surface area contributed by atoms with Gasteiger partial charge in [0.05, 0.1) is 14.2 Å². The first-order valence-corrected chi connectivity index (χ1v) is 6.38. The molecular formula is C16H17NO4. The summed E-state index contributed by atoms with van der Waals surface area (Å²) in [6.07, 6.45) is 0. The highest BCUT2D eigenvalue weighted by Crippen LogP contribution is 2.25. The number of nitrogen functional groups attached to an aromatic ring is 1. The van der Waals surface area contributed by atoms with E-state index < -0.39 is 5.97 Å². The highest BCUT2D eigenvalue weighted by molar-refractivity contribution is 5.93. The summed E-state index contributed by atoms with van der Waals surface area (Å²) in [6, 6.07) is 12.3. The molecule has 0 aliphatic rings. The minimum absolute atomic E-state index is 0.261. The van der Waals surface area contributed by atoms with E-state index in [1.54, 1.807) is 25.3 Å². The van der Waals surface area contributed by atoms with Crippen LogP contribution in [0.25, 0.3) is 0 Å². The Hall–Kier alpha value is -2.69. The highest BCUT2D eigenvalue weighted by Gasteiger charge is 2.14.